The predicted molar refractivity (Wildman–Crippen MR) is 227 cm³/mol. The second kappa shape index (κ2) is 10.9. The smallest absolute Gasteiger partial charge is 0.235 e. The third-order valence-corrected chi connectivity index (χ3v) is 11.4. The van der Waals surface area contributed by atoms with E-state index in [2.05, 4.69) is 114 Å². The molecule has 0 radical (unpaired) electrons. The van der Waals surface area contributed by atoms with E-state index in [0.29, 0.717) is 5.95 Å². The quantitative estimate of drug-likeness (QED) is 0.182. The number of nitrogens with zero attached hydrogens (tertiary/aromatic N) is 3. The fourth-order valence-electron chi connectivity index (χ4n) is 8.95. The summed E-state index contributed by atoms with van der Waals surface area (Å²) in [6.07, 6.45) is 0. The van der Waals surface area contributed by atoms with Crippen LogP contribution in [0.4, 0.5) is 0 Å². The van der Waals surface area contributed by atoms with E-state index in [1.807, 2.05) is 54.6 Å². The molecule has 5 heterocycles. The lowest BCUT2D eigenvalue weighted by atomic mass is 10.00. The summed E-state index contributed by atoms with van der Waals surface area (Å²) in [7, 11) is 0. The van der Waals surface area contributed by atoms with E-state index in [9.17, 15) is 0 Å². The van der Waals surface area contributed by atoms with Gasteiger partial charge >= 0.3 is 0 Å². The maximum atomic E-state index is 6.73. The number of rotatable bonds is 3. The molecule has 13 aromatic rings. The van der Waals surface area contributed by atoms with Gasteiger partial charge in [0.1, 0.15) is 33.5 Å². The molecule has 56 heavy (non-hydrogen) atoms. The minimum absolute atomic E-state index is 0.564. The molecule has 0 aliphatic rings. The minimum Gasteiger partial charge on any atom is -0.455 e. The molecule has 0 atom stereocenters. The van der Waals surface area contributed by atoms with Crippen LogP contribution in [-0.2, 0) is 0 Å². The monoisotopic (exact) mass is 717 g/mol. The van der Waals surface area contributed by atoms with Crippen molar-refractivity contribution in [1.82, 2.24) is 14.5 Å². The first kappa shape index (κ1) is 29.7. The summed E-state index contributed by atoms with van der Waals surface area (Å²) in [5, 5.41) is 9.47. The zero-order chi connectivity index (χ0) is 36.5. The van der Waals surface area contributed by atoms with E-state index >= 15 is 0 Å². The highest BCUT2D eigenvalue weighted by Crippen LogP contribution is 2.44. The highest BCUT2D eigenvalue weighted by molar-refractivity contribution is 6.24. The van der Waals surface area contributed by atoms with Gasteiger partial charge in [-0.25, -0.2) is 9.97 Å². The van der Waals surface area contributed by atoms with Gasteiger partial charge in [0.15, 0.2) is 0 Å². The van der Waals surface area contributed by atoms with Gasteiger partial charge in [-0.3, -0.25) is 4.57 Å². The van der Waals surface area contributed by atoms with Crippen LogP contribution in [0.3, 0.4) is 0 Å². The maximum absolute atomic E-state index is 6.73. The van der Waals surface area contributed by atoms with Crippen molar-refractivity contribution in [2.45, 2.75) is 0 Å². The molecule has 0 aliphatic carbocycles. The molecule has 0 N–H and O–H groups in total. The Bertz CT molecular complexity index is 3790. The Kier molecular flexibility index (Phi) is 5.80. The first-order valence-electron chi connectivity index (χ1n) is 18.7. The summed E-state index contributed by atoms with van der Waals surface area (Å²) in [6.45, 7) is 0. The number of para-hydroxylation sites is 6. The van der Waals surface area contributed by atoms with E-state index in [0.717, 1.165) is 121 Å². The molecule has 0 saturated carbocycles. The topological polar surface area (TPSA) is 70.1 Å². The summed E-state index contributed by atoms with van der Waals surface area (Å²) in [5.41, 5.74) is 11.6. The van der Waals surface area contributed by atoms with E-state index in [-0.39, 0.29) is 0 Å². The molecule has 0 spiro atoms. The van der Waals surface area contributed by atoms with Crippen LogP contribution < -0.4 is 0 Å². The van der Waals surface area contributed by atoms with E-state index in [1.165, 1.54) is 0 Å². The van der Waals surface area contributed by atoms with Crippen molar-refractivity contribution < 1.29 is 13.3 Å². The van der Waals surface area contributed by atoms with Crippen molar-refractivity contribution in [3.63, 3.8) is 0 Å². The third kappa shape index (κ3) is 3.99. The second-order valence-corrected chi connectivity index (χ2v) is 14.5. The van der Waals surface area contributed by atoms with Gasteiger partial charge in [-0.1, -0.05) is 109 Å². The normalized spacial score (nSPS) is 12.3. The van der Waals surface area contributed by atoms with Gasteiger partial charge in [0.05, 0.1) is 27.6 Å². The Morgan fingerprint density at radius 2 is 0.911 bits per heavy atom. The Morgan fingerprint density at radius 1 is 0.375 bits per heavy atom. The van der Waals surface area contributed by atoms with Crippen molar-refractivity contribution >= 4 is 98.5 Å². The number of hydrogen-bond acceptors (Lipinski definition) is 5. The maximum Gasteiger partial charge on any atom is 0.235 e. The second-order valence-electron chi connectivity index (χ2n) is 14.5. The molecule has 6 nitrogen and oxygen atoms in total. The van der Waals surface area contributed by atoms with Crippen LogP contribution >= 0.6 is 0 Å². The fraction of sp³-hybridized carbons (Fsp3) is 0. The van der Waals surface area contributed by atoms with Crippen molar-refractivity contribution in [2.75, 3.05) is 0 Å². The predicted octanol–water partition coefficient (Wildman–Crippen LogP) is 13.8. The fourth-order valence-corrected chi connectivity index (χ4v) is 8.95. The molecule has 6 heteroatoms. The molecule has 0 unspecified atom stereocenters. The number of aromatic nitrogens is 3. The lowest BCUT2D eigenvalue weighted by Crippen LogP contribution is -2.03. The van der Waals surface area contributed by atoms with E-state index in [1.54, 1.807) is 0 Å². The van der Waals surface area contributed by atoms with Crippen LogP contribution in [-0.4, -0.2) is 14.5 Å². The van der Waals surface area contributed by atoms with Gasteiger partial charge < -0.3 is 13.3 Å². The Labute approximate surface area is 317 Å². The van der Waals surface area contributed by atoms with Gasteiger partial charge in [-0.2, -0.15) is 0 Å². The molecule has 0 bridgehead atoms. The Balaban J connectivity index is 1.13. The third-order valence-electron chi connectivity index (χ3n) is 11.4. The molecular formula is C50H27N3O3. The highest BCUT2D eigenvalue weighted by atomic mass is 16.3. The number of furan rings is 3. The van der Waals surface area contributed by atoms with Crippen molar-refractivity contribution in [1.29, 1.82) is 0 Å². The Morgan fingerprint density at radius 3 is 1.61 bits per heavy atom. The van der Waals surface area contributed by atoms with Crippen LogP contribution in [0.5, 0.6) is 0 Å². The van der Waals surface area contributed by atoms with Gasteiger partial charge in [0, 0.05) is 54.2 Å². The highest BCUT2D eigenvalue weighted by Gasteiger charge is 2.23. The standard InChI is InChI=1S/C50H27N3O3/c1-5-19-39-36(14-1)46(37-18-10-17-34-31-12-3-7-21-43(31)55-48(34)37)52-50(51-39)53-40-25-23-28(29-15-9-16-33-30-11-2-6-20-42(30)54-47(29)33)27-38(40)45-41(53)26-24-35-32-13-4-8-22-44(32)56-49(35)45/h1-27H. The molecule has 0 fully saturated rings. The summed E-state index contributed by atoms with van der Waals surface area (Å²) >= 11 is 0. The largest absolute Gasteiger partial charge is 0.455 e. The molecule has 0 saturated heterocycles. The molecule has 0 amide bonds. The van der Waals surface area contributed by atoms with Gasteiger partial charge in [0.25, 0.3) is 0 Å². The number of hydrogen-bond donors (Lipinski definition) is 0. The summed E-state index contributed by atoms with van der Waals surface area (Å²) in [6, 6.07) is 56.5. The Hall–Kier alpha value is -7.70. The minimum atomic E-state index is 0.564. The molecule has 8 aromatic carbocycles. The van der Waals surface area contributed by atoms with Gasteiger partial charge in [0.2, 0.25) is 5.95 Å². The van der Waals surface area contributed by atoms with Crippen molar-refractivity contribution in [3.8, 4) is 28.3 Å². The lowest BCUT2D eigenvalue weighted by Gasteiger charge is -2.12. The van der Waals surface area contributed by atoms with Crippen molar-refractivity contribution in [3.05, 3.63) is 164 Å². The average molecular weight is 718 g/mol. The SMILES string of the molecule is c1ccc2c(-c3cccc4c3oc3ccccc34)nc(-n3c4ccc(-c5cccc6c5oc5ccccc56)cc4c4c5oc6ccccc6c5ccc43)nc2c1. The summed E-state index contributed by atoms with van der Waals surface area (Å²) in [5.74, 6) is 0.564. The molecular weight excluding hydrogens is 691 g/mol. The number of fused-ring (bicyclic) bond motifs is 14. The average Bonchev–Trinajstić information content (AvgIpc) is 4.01. The van der Waals surface area contributed by atoms with Crippen LogP contribution in [0.2, 0.25) is 0 Å². The zero-order valence-corrected chi connectivity index (χ0v) is 29.7. The van der Waals surface area contributed by atoms with Crippen LogP contribution in [0, 0.1) is 0 Å². The van der Waals surface area contributed by atoms with Gasteiger partial charge in [-0.05, 0) is 60.2 Å². The van der Waals surface area contributed by atoms with Crippen LogP contribution in [0.15, 0.2) is 177 Å². The zero-order valence-electron chi connectivity index (χ0n) is 29.7. The molecule has 5 aromatic heterocycles. The molecule has 260 valence electrons. The van der Waals surface area contributed by atoms with E-state index < -0.39 is 0 Å². The first-order valence-corrected chi connectivity index (χ1v) is 18.7. The summed E-state index contributed by atoms with van der Waals surface area (Å²) in [4.78, 5) is 10.7. The summed E-state index contributed by atoms with van der Waals surface area (Å²) < 4.78 is 22.0. The lowest BCUT2D eigenvalue weighted by molar-refractivity contribution is 0.669. The van der Waals surface area contributed by atoms with E-state index in [4.69, 9.17) is 23.2 Å². The number of benzene rings is 8. The van der Waals surface area contributed by atoms with Crippen LogP contribution in [0.25, 0.3) is 127 Å². The first-order chi connectivity index (χ1) is 27.8. The van der Waals surface area contributed by atoms with Gasteiger partial charge in [-0.15, -0.1) is 0 Å². The molecule has 0 aliphatic heterocycles. The van der Waals surface area contributed by atoms with Crippen LogP contribution in [0.1, 0.15) is 0 Å². The van der Waals surface area contributed by atoms with Crippen molar-refractivity contribution in [2.24, 2.45) is 0 Å². The molecule has 13 rings (SSSR count).